The Hall–Kier alpha value is -1.38. The maximum atomic E-state index is 2.44. The molecule has 2 aliphatic carbocycles. The molecule has 0 amide bonds. The third-order valence-electron chi connectivity index (χ3n) is 5.31. The van der Waals surface area contributed by atoms with E-state index in [1.54, 1.807) is 11.1 Å². The molecule has 2 atom stereocenters. The van der Waals surface area contributed by atoms with Crippen LogP contribution < -0.4 is 0 Å². The predicted octanol–water partition coefficient (Wildman–Crippen LogP) is 5.48. The molecule has 2 unspecified atom stereocenters. The van der Waals surface area contributed by atoms with Gasteiger partial charge >= 0.3 is 0 Å². The first-order valence-corrected chi connectivity index (χ1v) is 10.8. The fourth-order valence-corrected chi connectivity index (χ4v) is 7.17. The summed E-state index contributed by atoms with van der Waals surface area (Å²) >= 11 is 4.35. The molecule has 120 valence electrons. The van der Waals surface area contributed by atoms with E-state index < -0.39 is 0 Å². The van der Waals surface area contributed by atoms with Gasteiger partial charge in [0.15, 0.2) is 0 Å². The van der Waals surface area contributed by atoms with Gasteiger partial charge in [-0.3, -0.25) is 0 Å². The van der Waals surface area contributed by atoms with Crippen LogP contribution in [0.3, 0.4) is 0 Å². The Kier molecular flexibility index (Phi) is 3.83. The van der Waals surface area contributed by atoms with Gasteiger partial charge in [0.1, 0.15) is 0 Å². The largest absolute Gasteiger partial charge is 0.152 e. The normalized spacial score (nSPS) is 25.0. The second kappa shape index (κ2) is 6.16. The number of fused-ring (bicyclic) bond motifs is 2. The topological polar surface area (TPSA) is 0 Å². The van der Waals surface area contributed by atoms with Crippen molar-refractivity contribution in [3.8, 4) is 0 Å². The second-order valence-corrected chi connectivity index (χ2v) is 9.31. The molecule has 1 fully saturated rings. The lowest BCUT2D eigenvalue weighted by Gasteiger charge is -2.29. The smallest absolute Gasteiger partial charge is 0.0354 e. The van der Waals surface area contributed by atoms with Gasteiger partial charge in [-0.25, -0.2) is 0 Å². The molecule has 2 heteroatoms. The summed E-state index contributed by atoms with van der Waals surface area (Å²) in [7, 11) is 0. The third-order valence-corrected chi connectivity index (χ3v) is 8.52. The molecule has 2 aromatic carbocycles. The first kappa shape index (κ1) is 14.9. The standard InChI is InChI=1S/C22H20S2/c1-2-6-16-10-19(9-15(16)5-1)21-13-24-22(14-23-21)20-11-17-7-3-4-8-18(17)12-20/h1-9,11,21-22H,10,12-14H2. The van der Waals surface area contributed by atoms with Crippen LogP contribution in [0.15, 0.2) is 59.7 Å². The molecule has 0 nitrogen and oxygen atoms in total. The molecule has 0 radical (unpaired) electrons. The van der Waals surface area contributed by atoms with Crippen molar-refractivity contribution in [3.05, 3.63) is 81.9 Å². The van der Waals surface area contributed by atoms with Crippen LogP contribution >= 0.6 is 23.5 Å². The van der Waals surface area contributed by atoms with Crippen LogP contribution in [0.1, 0.15) is 22.3 Å². The second-order valence-electron chi connectivity index (χ2n) is 6.83. The van der Waals surface area contributed by atoms with E-state index in [1.807, 2.05) is 0 Å². The molecule has 0 bridgehead atoms. The molecule has 0 N–H and O–H groups in total. The van der Waals surface area contributed by atoms with Crippen LogP contribution in [0, 0.1) is 0 Å². The first-order valence-electron chi connectivity index (χ1n) is 8.67. The molecule has 0 spiro atoms. The van der Waals surface area contributed by atoms with E-state index in [4.69, 9.17) is 0 Å². The Morgan fingerprint density at radius 1 is 0.625 bits per heavy atom. The lowest BCUT2D eigenvalue weighted by molar-refractivity contribution is 1.01. The van der Waals surface area contributed by atoms with E-state index in [9.17, 15) is 0 Å². The minimum absolute atomic E-state index is 0.697. The molecule has 3 aliphatic rings. The van der Waals surface area contributed by atoms with Gasteiger partial charge in [0.2, 0.25) is 0 Å². The highest BCUT2D eigenvalue weighted by atomic mass is 32.2. The number of hydrogen-bond acceptors (Lipinski definition) is 2. The van der Waals surface area contributed by atoms with Crippen LogP contribution in [0.4, 0.5) is 0 Å². The van der Waals surface area contributed by atoms with Crippen molar-refractivity contribution in [2.75, 3.05) is 11.5 Å². The number of rotatable bonds is 2. The van der Waals surface area contributed by atoms with Crippen LogP contribution in [0.25, 0.3) is 12.2 Å². The number of thioether (sulfide) groups is 2. The minimum atomic E-state index is 0.697. The highest BCUT2D eigenvalue weighted by Gasteiger charge is 2.30. The van der Waals surface area contributed by atoms with Gasteiger partial charge in [-0.1, -0.05) is 71.8 Å². The average Bonchev–Trinajstić information content (AvgIpc) is 3.25. The van der Waals surface area contributed by atoms with Gasteiger partial charge in [-0.2, -0.15) is 23.5 Å². The monoisotopic (exact) mass is 348 g/mol. The Labute approximate surface area is 152 Å². The molecule has 0 aromatic heterocycles. The SMILES string of the molecule is C1=C(C2CSC(C3=Cc4ccccc4C3)CS2)Cc2ccccc21. The third kappa shape index (κ3) is 2.66. The van der Waals surface area contributed by atoms with Gasteiger partial charge in [-0.15, -0.1) is 0 Å². The quantitative estimate of drug-likeness (QED) is 0.704. The number of hydrogen-bond donors (Lipinski definition) is 0. The summed E-state index contributed by atoms with van der Waals surface area (Å²) in [6.07, 6.45) is 7.21. The molecule has 1 saturated heterocycles. The molecule has 5 rings (SSSR count). The summed E-state index contributed by atoms with van der Waals surface area (Å²) in [6.45, 7) is 0. The first-order chi connectivity index (χ1) is 11.9. The summed E-state index contributed by atoms with van der Waals surface area (Å²) < 4.78 is 0. The van der Waals surface area contributed by atoms with Crippen LogP contribution in [0.2, 0.25) is 0 Å². The van der Waals surface area contributed by atoms with Gasteiger partial charge in [0, 0.05) is 22.0 Å². The molecule has 24 heavy (non-hydrogen) atoms. The van der Waals surface area contributed by atoms with Gasteiger partial charge in [0.25, 0.3) is 0 Å². The summed E-state index contributed by atoms with van der Waals surface area (Å²) in [5, 5.41) is 1.39. The van der Waals surface area contributed by atoms with E-state index in [2.05, 4.69) is 84.2 Å². The zero-order valence-corrected chi connectivity index (χ0v) is 15.2. The summed E-state index contributed by atoms with van der Waals surface area (Å²) in [5.41, 5.74) is 9.17. The van der Waals surface area contributed by atoms with Crippen molar-refractivity contribution < 1.29 is 0 Å². The molecule has 1 aliphatic heterocycles. The van der Waals surface area contributed by atoms with Crippen LogP contribution in [0.5, 0.6) is 0 Å². The van der Waals surface area contributed by atoms with Crippen molar-refractivity contribution >= 4 is 35.7 Å². The Morgan fingerprint density at radius 3 is 1.50 bits per heavy atom. The summed E-state index contributed by atoms with van der Waals surface area (Å²) in [5.74, 6) is 2.51. The molecule has 1 heterocycles. The van der Waals surface area contributed by atoms with Crippen molar-refractivity contribution in [1.29, 1.82) is 0 Å². The van der Waals surface area contributed by atoms with E-state index in [1.165, 1.54) is 33.8 Å². The van der Waals surface area contributed by atoms with Crippen molar-refractivity contribution in [2.24, 2.45) is 0 Å². The average molecular weight is 349 g/mol. The Morgan fingerprint density at radius 2 is 1.08 bits per heavy atom. The van der Waals surface area contributed by atoms with Crippen molar-refractivity contribution in [3.63, 3.8) is 0 Å². The molecule has 2 aromatic rings. The highest BCUT2D eigenvalue weighted by Crippen LogP contribution is 2.42. The maximum absolute atomic E-state index is 2.44. The lowest BCUT2D eigenvalue weighted by Crippen LogP contribution is -2.24. The highest BCUT2D eigenvalue weighted by molar-refractivity contribution is 8.07. The molecular weight excluding hydrogens is 328 g/mol. The zero-order valence-electron chi connectivity index (χ0n) is 13.6. The van der Waals surface area contributed by atoms with E-state index >= 15 is 0 Å². The van der Waals surface area contributed by atoms with E-state index in [0.717, 1.165) is 12.8 Å². The minimum Gasteiger partial charge on any atom is -0.152 e. The van der Waals surface area contributed by atoms with Crippen molar-refractivity contribution in [1.82, 2.24) is 0 Å². The molecular formula is C22H20S2. The number of benzene rings is 2. The molecule has 0 saturated carbocycles. The fourth-order valence-electron chi connectivity index (χ4n) is 3.96. The lowest BCUT2D eigenvalue weighted by atomic mass is 10.1. The van der Waals surface area contributed by atoms with E-state index in [-0.39, 0.29) is 0 Å². The Balaban J connectivity index is 1.25. The Bertz CT molecular complexity index is 767. The summed E-state index contributed by atoms with van der Waals surface area (Å²) in [6, 6.07) is 17.7. The van der Waals surface area contributed by atoms with Crippen LogP contribution in [-0.4, -0.2) is 22.0 Å². The van der Waals surface area contributed by atoms with Gasteiger partial charge in [-0.05, 0) is 35.1 Å². The van der Waals surface area contributed by atoms with Crippen molar-refractivity contribution in [2.45, 2.75) is 23.3 Å². The predicted molar refractivity (Wildman–Crippen MR) is 109 cm³/mol. The van der Waals surface area contributed by atoms with E-state index in [0.29, 0.717) is 10.5 Å². The van der Waals surface area contributed by atoms with Gasteiger partial charge in [0.05, 0.1) is 0 Å². The zero-order chi connectivity index (χ0) is 15.9. The maximum Gasteiger partial charge on any atom is 0.0354 e. The fraction of sp³-hybridized carbons (Fsp3) is 0.273. The summed E-state index contributed by atoms with van der Waals surface area (Å²) in [4.78, 5) is 0. The van der Waals surface area contributed by atoms with Gasteiger partial charge < -0.3 is 0 Å². The van der Waals surface area contributed by atoms with Crippen LogP contribution in [-0.2, 0) is 12.8 Å².